The van der Waals surface area contributed by atoms with E-state index in [2.05, 4.69) is 39.5 Å². The first kappa shape index (κ1) is 6.62. The van der Waals surface area contributed by atoms with Crippen molar-refractivity contribution >= 4 is 21.8 Å². The molecule has 0 bridgehead atoms. The van der Waals surface area contributed by atoms with Crippen LogP contribution in [0.1, 0.15) is 5.56 Å². The summed E-state index contributed by atoms with van der Waals surface area (Å²) < 4.78 is 2.88. The number of hydrogen-bond donors (Lipinski definition) is 1. The van der Waals surface area contributed by atoms with Gasteiger partial charge in [-0.3, -0.25) is 0 Å². The monoisotopic (exact) mass is 185 g/mol. The highest BCUT2D eigenvalue weighted by Gasteiger charge is 1.85. The Kier molecular flexibility index (Phi) is 2.11. The Hall–Kier alpha value is -0.500. The molecule has 0 saturated carbocycles. The fourth-order valence-corrected chi connectivity index (χ4v) is 0.950. The minimum absolute atomic E-state index is 1.09. The summed E-state index contributed by atoms with van der Waals surface area (Å²) >= 11 is 3.14. The summed E-state index contributed by atoms with van der Waals surface area (Å²) in [5.41, 5.74) is 2.36. The summed E-state index contributed by atoms with van der Waals surface area (Å²) in [5, 5.41) is 0. The number of rotatable bonds is 1. The molecule has 48 valence electrons. The first-order valence-electron chi connectivity index (χ1n) is 2.76. The number of anilines is 1. The van der Waals surface area contributed by atoms with Crippen LogP contribution in [0.25, 0.3) is 0 Å². The smallest absolute Gasteiger partial charge is 0.0465 e. The molecule has 0 fully saturated rings. The van der Waals surface area contributed by atoms with Crippen LogP contribution < -0.4 is 4.34 Å². The molecule has 1 rings (SSSR count). The van der Waals surface area contributed by atoms with Crippen molar-refractivity contribution in [3.63, 3.8) is 0 Å². The molecule has 0 spiro atoms. The number of hydrogen-bond acceptors (Lipinski definition) is 1. The van der Waals surface area contributed by atoms with E-state index in [1.807, 2.05) is 12.1 Å². The van der Waals surface area contributed by atoms with Crippen LogP contribution in [0.5, 0.6) is 0 Å². The van der Waals surface area contributed by atoms with Crippen molar-refractivity contribution in [1.82, 2.24) is 0 Å². The fraction of sp³-hybridized carbons (Fsp3) is 0.143. The van der Waals surface area contributed by atoms with Crippen molar-refractivity contribution in [2.24, 2.45) is 0 Å². The van der Waals surface area contributed by atoms with Crippen molar-refractivity contribution in [3.05, 3.63) is 29.8 Å². The first-order valence-corrected chi connectivity index (χ1v) is 3.55. The Morgan fingerprint density at radius 2 is 2.22 bits per heavy atom. The highest BCUT2D eigenvalue weighted by Crippen LogP contribution is 2.10. The van der Waals surface area contributed by atoms with Gasteiger partial charge in [0.2, 0.25) is 0 Å². The fourth-order valence-electron chi connectivity index (χ4n) is 0.704. The third-order valence-electron chi connectivity index (χ3n) is 1.13. The van der Waals surface area contributed by atoms with Crippen molar-refractivity contribution in [2.75, 3.05) is 4.34 Å². The number of halogens is 1. The topological polar surface area (TPSA) is 12.0 Å². The highest BCUT2D eigenvalue weighted by atomic mass is 79.9. The van der Waals surface area contributed by atoms with Crippen LogP contribution in [0, 0.1) is 6.92 Å². The lowest BCUT2D eigenvalue weighted by Gasteiger charge is -1.96. The molecule has 0 aromatic heterocycles. The molecule has 0 aliphatic heterocycles. The van der Waals surface area contributed by atoms with Crippen LogP contribution >= 0.6 is 16.1 Å². The Morgan fingerprint density at radius 1 is 1.44 bits per heavy atom. The zero-order valence-electron chi connectivity index (χ0n) is 5.19. The van der Waals surface area contributed by atoms with Gasteiger partial charge in [-0.1, -0.05) is 12.1 Å². The minimum atomic E-state index is 1.09. The Labute approximate surface area is 63.4 Å². The van der Waals surface area contributed by atoms with Crippen LogP contribution in [-0.2, 0) is 0 Å². The summed E-state index contributed by atoms with van der Waals surface area (Å²) in [5.74, 6) is 0. The lowest BCUT2D eigenvalue weighted by Crippen LogP contribution is -1.78. The molecule has 1 nitrogen and oxygen atoms in total. The third kappa shape index (κ3) is 1.72. The molecule has 9 heavy (non-hydrogen) atoms. The first-order chi connectivity index (χ1) is 4.33. The van der Waals surface area contributed by atoms with Gasteiger partial charge in [-0.25, -0.2) is 0 Å². The number of nitrogens with one attached hydrogen (secondary N) is 1. The molecular weight excluding hydrogens is 178 g/mol. The van der Waals surface area contributed by atoms with Gasteiger partial charge < -0.3 is 4.34 Å². The Balaban J connectivity index is 2.94. The summed E-state index contributed by atoms with van der Waals surface area (Å²) in [6.45, 7) is 2.06. The lowest BCUT2D eigenvalue weighted by atomic mass is 10.2. The molecule has 2 heteroatoms. The molecule has 0 radical (unpaired) electrons. The molecule has 0 atom stereocenters. The number of aryl methyl sites for hydroxylation is 1. The lowest BCUT2D eigenvalue weighted by molar-refractivity contribution is 1.48. The predicted molar refractivity (Wildman–Crippen MR) is 43.7 cm³/mol. The SMILES string of the molecule is Cc1cccc(NBr)c1. The van der Waals surface area contributed by atoms with E-state index in [9.17, 15) is 0 Å². The molecule has 1 N–H and O–H groups in total. The molecule has 0 aliphatic rings. The quantitative estimate of drug-likeness (QED) is 0.665. The van der Waals surface area contributed by atoms with E-state index in [4.69, 9.17) is 0 Å². The van der Waals surface area contributed by atoms with Crippen molar-refractivity contribution in [3.8, 4) is 0 Å². The van der Waals surface area contributed by atoms with Crippen molar-refractivity contribution < 1.29 is 0 Å². The second kappa shape index (κ2) is 2.87. The van der Waals surface area contributed by atoms with E-state index in [1.54, 1.807) is 0 Å². The molecule has 0 amide bonds. The molecule has 0 aliphatic carbocycles. The maximum atomic E-state index is 3.14. The zero-order chi connectivity index (χ0) is 6.69. The standard InChI is InChI=1S/C7H8BrN/c1-6-3-2-4-7(5-6)9-8/h2-5,9H,1H3. The van der Waals surface area contributed by atoms with Gasteiger partial charge in [-0.05, 0) is 24.6 Å². The largest absolute Gasteiger partial charge is 0.322 e. The van der Waals surface area contributed by atoms with Gasteiger partial charge in [0.1, 0.15) is 0 Å². The third-order valence-corrected chi connectivity index (χ3v) is 1.59. The molecule has 0 saturated heterocycles. The second-order valence-electron chi connectivity index (χ2n) is 1.96. The molecule has 1 aromatic carbocycles. The van der Waals surface area contributed by atoms with Crippen LogP contribution in [0.2, 0.25) is 0 Å². The zero-order valence-corrected chi connectivity index (χ0v) is 6.77. The van der Waals surface area contributed by atoms with Gasteiger partial charge in [-0.15, -0.1) is 0 Å². The van der Waals surface area contributed by atoms with Gasteiger partial charge in [-0.2, -0.15) is 0 Å². The maximum Gasteiger partial charge on any atom is 0.0465 e. The van der Waals surface area contributed by atoms with Crippen LogP contribution in [0.4, 0.5) is 5.69 Å². The van der Waals surface area contributed by atoms with Crippen molar-refractivity contribution in [2.45, 2.75) is 6.92 Å². The van der Waals surface area contributed by atoms with Crippen molar-refractivity contribution in [1.29, 1.82) is 0 Å². The summed E-state index contributed by atoms with van der Waals surface area (Å²) in [6, 6.07) is 8.14. The van der Waals surface area contributed by atoms with E-state index >= 15 is 0 Å². The van der Waals surface area contributed by atoms with Crippen LogP contribution in [0.3, 0.4) is 0 Å². The average molecular weight is 186 g/mol. The highest BCUT2D eigenvalue weighted by molar-refractivity contribution is 9.10. The van der Waals surface area contributed by atoms with Gasteiger partial charge in [0.15, 0.2) is 0 Å². The summed E-state index contributed by atoms with van der Waals surface area (Å²) in [6.07, 6.45) is 0. The van der Waals surface area contributed by atoms with E-state index in [-0.39, 0.29) is 0 Å². The number of benzene rings is 1. The normalized spacial score (nSPS) is 9.11. The molecule has 0 unspecified atom stereocenters. The van der Waals surface area contributed by atoms with E-state index in [0.717, 1.165) is 5.69 Å². The van der Waals surface area contributed by atoms with E-state index < -0.39 is 0 Å². The van der Waals surface area contributed by atoms with E-state index in [1.165, 1.54) is 5.56 Å². The van der Waals surface area contributed by atoms with Crippen LogP contribution in [0.15, 0.2) is 24.3 Å². The summed E-state index contributed by atoms with van der Waals surface area (Å²) in [4.78, 5) is 0. The summed E-state index contributed by atoms with van der Waals surface area (Å²) in [7, 11) is 0. The Morgan fingerprint density at radius 3 is 2.67 bits per heavy atom. The Bertz CT molecular complexity index is 198. The average Bonchev–Trinajstić information content (AvgIpc) is 1.88. The predicted octanol–water partition coefficient (Wildman–Crippen LogP) is 2.72. The molecule has 0 heterocycles. The van der Waals surface area contributed by atoms with Gasteiger partial charge >= 0.3 is 0 Å². The van der Waals surface area contributed by atoms with E-state index in [0.29, 0.717) is 0 Å². The van der Waals surface area contributed by atoms with Gasteiger partial charge in [0.05, 0.1) is 0 Å². The second-order valence-corrected chi connectivity index (χ2v) is 2.36. The van der Waals surface area contributed by atoms with Crippen LogP contribution in [-0.4, -0.2) is 0 Å². The molecule has 1 aromatic rings. The maximum absolute atomic E-state index is 3.14. The minimum Gasteiger partial charge on any atom is -0.322 e. The van der Waals surface area contributed by atoms with Gasteiger partial charge in [0, 0.05) is 21.8 Å². The molecular formula is C7H8BrN. The van der Waals surface area contributed by atoms with Gasteiger partial charge in [0.25, 0.3) is 0 Å².